The Morgan fingerprint density at radius 2 is 1.97 bits per heavy atom. The van der Waals surface area contributed by atoms with Crippen LogP contribution in [0.15, 0.2) is 23.4 Å². The van der Waals surface area contributed by atoms with Crippen LogP contribution in [0.5, 0.6) is 0 Å². The minimum atomic E-state index is -4.67. The van der Waals surface area contributed by atoms with Crippen LogP contribution in [0.3, 0.4) is 0 Å². The van der Waals surface area contributed by atoms with Crippen molar-refractivity contribution in [1.29, 1.82) is 0 Å². The van der Waals surface area contributed by atoms with Crippen LogP contribution in [-0.4, -0.2) is 83.2 Å². The third-order valence-electron chi connectivity index (χ3n) is 6.73. The van der Waals surface area contributed by atoms with Crippen molar-refractivity contribution in [2.75, 3.05) is 37.7 Å². The fraction of sp³-hybridized carbons (Fsp3) is 0.565. The Labute approximate surface area is 227 Å². The van der Waals surface area contributed by atoms with E-state index in [1.165, 1.54) is 22.9 Å². The van der Waals surface area contributed by atoms with E-state index < -0.39 is 26.7 Å². The highest BCUT2D eigenvalue weighted by atomic mass is 32.2. The van der Waals surface area contributed by atoms with Crippen LogP contribution in [0.2, 0.25) is 0 Å². The summed E-state index contributed by atoms with van der Waals surface area (Å²) >= 11 is 0.327. The van der Waals surface area contributed by atoms with Gasteiger partial charge in [-0.25, -0.2) is 18.1 Å². The molecule has 0 saturated carbocycles. The summed E-state index contributed by atoms with van der Waals surface area (Å²) in [6, 6.07) is 1.37. The lowest BCUT2D eigenvalue weighted by molar-refractivity contribution is -0.138. The number of amides is 1. The number of nitrogens with one attached hydrogen (secondary N) is 1. The maximum absolute atomic E-state index is 13.5. The number of ether oxygens (including phenoxy) is 1. The van der Waals surface area contributed by atoms with Gasteiger partial charge in [-0.05, 0) is 19.9 Å². The number of rotatable bonds is 6. The predicted molar refractivity (Wildman–Crippen MR) is 137 cm³/mol. The normalized spacial score (nSPS) is 20.1. The van der Waals surface area contributed by atoms with Gasteiger partial charge in [0, 0.05) is 37.8 Å². The monoisotopic (exact) mass is 587 g/mol. The smallest absolute Gasteiger partial charge is 0.377 e. The molecule has 16 heteroatoms. The third kappa shape index (κ3) is 5.21. The molecule has 0 bridgehead atoms. The molecule has 1 N–H and O–H groups in total. The Bertz CT molecular complexity index is 1520. The number of fused-ring (bicyclic) bond motifs is 1. The first-order valence-electron chi connectivity index (χ1n) is 12.3. The quantitative estimate of drug-likeness (QED) is 0.467. The van der Waals surface area contributed by atoms with Gasteiger partial charge in [0.1, 0.15) is 4.90 Å². The highest BCUT2D eigenvalue weighted by molar-refractivity contribution is 7.89. The van der Waals surface area contributed by atoms with Gasteiger partial charge in [-0.1, -0.05) is 25.2 Å². The molecule has 39 heavy (non-hydrogen) atoms. The van der Waals surface area contributed by atoms with Gasteiger partial charge >= 0.3 is 6.18 Å². The lowest BCUT2D eigenvalue weighted by Gasteiger charge is -2.42. The summed E-state index contributed by atoms with van der Waals surface area (Å²) in [5.74, 6) is -0.0868. The van der Waals surface area contributed by atoms with Crippen molar-refractivity contribution in [2.45, 2.75) is 50.3 Å². The average molecular weight is 588 g/mol. The summed E-state index contributed by atoms with van der Waals surface area (Å²) < 4.78 is 75.8. The molecular formula is C23H28F3N7O4S2. The Kier molecular flexibility index (Phi) is 6.88. The van der Waals surface area contributed by atoms with E-state index in [0.29, 0.717) is 42.2 Å². The largest absolute Gasteiger partial charge is 0.445 e. The van der Waals surface area contributed by atoms with Gasteiger partial charge < -0.3 is 14.5 Å². The van der Waals surface area contributed by atoms with Gasteiger partial charge in [-0.2, -0.15) is 13.2 Å². The molecule has 3 aromatic rings. The number of hydrogen-bond acceptors (Lipinski definition) is 9. The summed E-state index contributed by atoms with van der Waals surface area (Å²) in [6.07, 6.45) is -1.88. The third-order valence-corrected chi connectivity index (χ3v) is 9.30. The Balaban J connectivity index is 1.59. The molecule has 0 aromatic carbocycles. The topological polar surface area (TPSA) is 122 Å². The summed E-state index contributed by atoms with van der Waals surface area (Å²) in [5, 5.41) is 5.69. The van der Waals surface area contributed by atoms with Gasteiger partial charge in [0.15, 0.2) is 10.8 Å². The molecule has 2 aliphatic heterocycles. The summed E-state index contributed by atoms with van der Waals surface area (Å²) in [5.41, 5.74) is 0.238. The number of anilines is 1. The van der Waals surface area contributed by atoms with Crippen molar-refractivity contribution in [3.8, 4) is 10.8 Å². The van der Waals surface area contributed by atoms with Gasteiger partial charge in [0.05, 0.1) is 36.2 Å². The number of imidazole rings is 1. The Morgan fingerprint density at radius 1 is 1.26 bits per heavy atom. The predicted octanol–water partition coefficient (Wildman–Crippen LogP) is 2.63. The lowest BCUT2D eigenvalue weighted by atomic mass is 10.0. The minimum Gasteiger partial charge on any atom is -0.377 e. The molecule has 5 heterocycles. The molecular weight excluding hydrogens is 559 g/mol. The van der Waals surface area contributed by atoms with E-state index in [-0.39, 0.29) is 46.8 Å². The molecule has 0 unspecified atom stereocenters. The van der Waals surface area contributed by atoms with E-state index in [0.717, 1.165) is 0 Å². The number of hydrogen-bond donors (Lipinski definition) is 1. The number of piperazine rings is 1. The van der Waals surface area contributed by atoms with Gasteiger partial charge in [0.2, 0.25) is 20.9 Å². The zero-order valence-electron chi connectivity index (χ0n) is 21.7. The second-order valence-corrected chi connectivity index (χ2v) is 13.1. The first kappa shape index (κ1) is 27.7. The first-order valence-corrected chi connectivity index (χ1v) is 14.6. The van der Waals surface area contributed by atoms with Crippen LogP contribution in [-0.2, 0) is 25.7 Å². The maximum Gasteiger partial charge on any atom is 0.445 e. The van der Waals surface area contributed by atoms with Crippen molar-refractivity contribution >= 4 is 38.5 Å². The van der Waals surface area contributed by atoms with E-state index in [1.54, 1.807) is 11.8 Å². The Morgan fingerprint density at radius 3 is 2.54 bits per heavy atom. The van der Waals surface area contributed by atoms with E-state index in [2.05, 4.69) is 19.9 Å². The molecule has 0 aliphatic carbocycles. The second-order valence-electron chi connectivity index (χ2n) is 10.4. The second kappa shape index (κ2) is 9.67. The van der Waals surface area contributed by atoms with Gasteiger partial charge in [-0.15, -0.1) is 10.2 Å². The first-order chi connectivity index (χ1) is 18.2. The van der Waals surface area contributed by atoms with Crippen LogP contribution < -0.4 is 9.62 Å². The van der Waals surface area contributed by atoms with E-state index in [9.17, 15) is 26.4 Å². The zero-order valence-corrected chi connectivity index (χ0v) is 23.3. The van der Waals surface area contributed by atoms with Crippen LogP contribution in [0, 0.1) is 5.92 Å². The van der Waals surface area contributed by atoms with Crippen molar-refractivity contribution in [1.82, 2.24) is 29.2 Å². The molecule has 212 valence electrons. The highest BCUT2D eigenvalue weighted by Crippen LogP contribution is 2.37. The Hall–Kier alpha value is -2.82. The molecule has 1 amide bonds. The number of carbonyl (C=O) groups excluding carboxylic acids is 1. The number of nitrogens with zero attached hydrogens (tertiary/aromatic N) is 6. The number of pyridine rings is 1. The molecule has 11 nitrogen and oxygen atoms in total. The van der Waals surface area contributed by atoms with E-state index in [1.807, 2.05) is 25.7 Å². The number of alkyl halides is 3. The zero-order chi connectivity index (χ0) is 28.3. The molecule has 2 fully saturated rings. The van der Waals surface area contributed by atoms with Crippen LogP contribution >= 0.6 is 11.3 Å². The van der Waals surface area contributed by atoms with Gasteiger partial charge in [0.25, 0.3) is 0 Å². The molecule has 2 saturated heterocycles. The number of carbonyl (C=O) groups is 1. The molecule has 0 radical (unpaired) electrons. The fourth-order valence-electron chi connectivity index (χ4n) is 4.73. The van der Waals surface area contributed by atoms with Crippen molar-refractivity contribution in [3.63, 3.8) is 0 Å². The van der Waals surface area contributed by atoms with Gasteiger partial charge in [-0.3, -0.25) is 9.20 Å². The maximum atomic E-state index is 13.5. The number of aromatic nitrogens is 4. The van der Waals surface area contributed by atoms with Crippen LogP contribution in [0.25, 0.3) is 16.3 Å². The number of halogens is 3. The molecule has 1 atom stereocenters. The number of sulfonamides is 1. The molecule has 2 aliphatic rings. The van der Waals surface area contributed by atoms with E-state index in [4.69, 9.17) is 4.74 Å². The molecule has 5 rings (SSSR count). The lowest BCUT2D eigenvalue weighted by Crippen LogP contribution is -2.59. The van der Waals surface area contributed by atoms with Crippen LogP contribution in [0.1, 0.15) is 32.7 Å². The van der Waals surface area contributed by atoms with Crippen molar-refractivity contribution < 1.29 is 31.1 Å². The molecule has 3 aromatic heterocycles. The molecule has 0 spiro atoms. The summed E-state index contributed by atoms with van der Waals surface area (Å²) in [4.78, 5) is 20.6. The average Bonchev–Trinajstić information content (AvgIpc) is 3.49. The summed E-state index contributed by atoms with van der Waals surface area (Å²) in [6.45, 7) is 9.04. The SMILES string of the molecule is CC(C)C(=O)N1CCN(c2cc(S(=O)(=O)NC3(C)COC3)cn3c(-c4nnc(C(F)(F)F)s4)ncc23)C[C@H]1C. The minimum absolute atomic E-state index is 0.0344. The fourth-order valence-corrected chi connectivity index (χ4v) is 6.83. The van der Waals surface area contributed by atoms with Crippen molar-refractivity contribution in [2.24, 2.45) is 5.92 Å². The highest BCUT2D eigenvalue weighted by Gasteiger charge is 2.39. The standard InChI is InChI=1S/C23H28F3N7O4S2/c1-13(2)20(34)32-6-5-31(9-14(32)3)16-7-15(39(35,36)30-22(4)11-37-12-22)10-33-17(16)8-27-18(33)19-28-29-21(38-19)23(24,25)26/h7-8,10,13-14,30H,5-6,9,11-12H2,1-4H3/t14-/m1/s1. The van der Waals surface area contributed by atoms with Crippen molar-refractivity contribution in [3.05, 3.63) is 23.5 Å². The van der Waals surface area contributed by atoms with E-state index >= 15 is 0 Å². The summed E-state index contributed by atoms with van der Waals surface area (Å²) in [7, 11) is -4.06. The van der Waals surface area contributed by atoms with Crippen LogP contribution in [0.4, 0.5) is 18.9 Å².